The van der Waals surface area contributed by atoms with E-state index in [1.807, 2.05) is 30.3 Å². The van der Waals surface area contributed by atoms with Crippen molar-refractivity contribution in [1.82, 2.24) is 4.57 Å². The van der Waals surface area contributed by atoms with E-state index >= 15 is 0 Å². The van der Waals surface area contributed by atoms with E-state index in [4.69, 9.17) is 10.5 Å². The molecule has 0 unspecified atom stereocenters. The van der Waals surface area contributed by atoms with E-state index in [1.165, 1.54) is 0 Å². The average Bonchev–Trinajstić information content (AvgIpc) is 3.07. The standard InChI is InChI=1S/C26H26N2O4/c1-15(2)18-11-21-25(22(12-18)32-14-23(29)30)24-19(26(27)31)9-6-10-20(24)28(21)13-17-8-5-4-7-16(17)3/h4-12,15H,13-14H2,1-3H3,(H2,27,31)(H,29,30). The second kappa shape index (κ2) is 8.38. The first-order valence-electron chi connectivity index (χ1n) is 10.6. The van der Waals surface area contributed by atoms with E-state index in [1.54, 1.807) is 6.07 Å². The number of amides is 1. The third-order valence-electron chi connectivity index (χ3n) is 5.85. The van der Waals surface area contributed by atoms with Gasteiger partial charge in [-0.15, -0.1) is 0 Å². The molecule has 1 amide bonds. The van der Waals surface area contributed by atoms with Gasteiger partial charge in [0.1, 0.15) is 5.75 Å². The first kappa shape index (κ1) is 21.4. The quantitative estimate of drug-likeness (QED) is 0.439. The summed E-state index contributed by atoms with van der Waals surface area (Å²) in [6.07, 6.45) is 0. The molecule has 0 spiro atoms. The van der Waals surface area contributed by atoms with Crippen LogP contribution in [0.3, 0.4) is 0 Å². The van der Waals surface area contributed by atoms with Crippen molar-refractivity contribution in [1.29, 1.82) is 0 Å². The summed E-state index contributed by atoms with van der Waals surface area (Å²) in [5, 5.41) is 10.6. The molecule has 0 saturated carbocycles. The molecule has 3 N–H and O–H groups in total. The number of primary amides is 1. The molecule has 0 aliphatic heterocycles. The largest absolute Gasteiger partial charge is 0.481 e. The van der Waals surface area contributed by atoms with Crippen molar-refractivity contribution < 1.29 is 19.4 Å². The van der Waals surface area contributed by atoms with Crippen LogP contribution in [-0.4, -0.2) is 28.2 Å². The Morgan fingerprint density at radius 3 is 2.44 bits per heavy atom. The van der Waals surface area contributed by atoms with E-state index in [0.717, 1.165) is 27.7 Å². The Balaban J connectivity index is 2.11. The first-order chi connectivity index (χ1) is 15.3. The number of rotatable bonds is 7. The maximum atomic E-state index is 12.3. The van der Waals surface area contributed by atoms with E-state index in [-0.39, 0.29) is 5.92 Å². The van der Waals surface area contributed by atoms with Gasteiger partial charge in [0.25, 0.3) is 0 Å². The van der Waals surface area contributed by atoms with Crippen molar-refractivity contribution in [3.05, 3.63) is 76.9 Å². The van der Waals surface area contributed by atoms with Gasteiger partial charge in [-0.25, -0.2) is 4.79 Å². The molecular formula is C26H26N2O4. The Labute approximate surface area is 186 Å². The lowest BCUT2D eigenvalue weighted by molar-refractivity contribution is -0.139. The SMILES string of the molecule is Cc1ccccc1Cn1c2cc(C(C)C)cc(OCC(=O)O)c2c2c(C(N)=O)cccc21. The number of aliphatic carboxylic acids is 1. The van der Waals surface area contributed by atoms with Gasteiger partial charge in [-0.2, -0.15) is 0 Å². The van der Waals surface area contributed by atoms with Crippen LogP contribution in [0.5, 0.6) is 5.75 Å². The normalized spacial score (nSPS) is 11.4. The van der Waals surface area contributed by atoms with Crippen LogP contribution in [0.2, 0.25) is 0 Å². The van der Waals surface area contributed by atoms with Gasteiger partial charge in [0.05, 0.1) is 16.4 Å². The van der Waals surface area contributed by atoms with Crippen LogP contribution in [0.25, 0.3) is 21.8 Å². The van der Waals surface area contributed by atoms with Crippen molar-refractivity contribution in [2.75, 3.05) is 6.61 Å². The molecule has 1 aromatic heterocycles. The number of fused-ring (bicyclic) bond motifs is 3. The molecule has 0 aliphatic carbocycles. The second-order valence-corrected chi connectivity index (χ2v) is 8.33. The highest BCUT2D eigenvalue weighted by Crippen LogP contribution is 2.40. The Morgan fingerprint density at radius 1 is 1.03 bits per heavy atom. The number of carbonyl (C=O) groups excluding carboxylic acids is 1. The molecule has 3 aromatic carbocycles. The Hall–Kier alpha value is -3.80. The number of aromatic nitrogens is 1. The van der Waals surface area contributed by atoms with Crippen molar-refractivity contribution in [3.8, 4) is 5.75 Å². The molecule has 164 valence electrons. The second-order valence-electron chi connectivity index (χ2n) is 8.33. The maximum Gasteiger partial charge on any atom is 0.341 e. The fourth-order valence-corrected chi connectivity index (χ4v) is 4.16. The summed E-state index contributed by atoms with van der Waals surface area (Å²) in [6.45, 7) is 6.34. The zero-order chi connectivity index (χ0) is 23.0. The van der Waals surface area contributed by atoms with Crippen molar-refractivity contribution in [2.45, 2.75) is 33.2 Å². The molecule has 0 radical (unpaired) electrons. The summed E-state index contributed by atoms with van der Waals surface area (Å²) in [5.41, 5.74) is 11.2. The maximum absolute atomic E-state index is 12.3. The van der Waals surface area contributed by atoms with Crippen LogP contribution in [0.15, 0.2) is 54.6 Å². The first-order valence-corrected chi connectivity index (χ1v) is 10.6. The third kappa shape index (κ3) is 3.80. The number of benzene rings is 3. The van der Waals surface area contributed by atoms with Gasteiger partial charge in [-0.3, -0.25) is 4.79 Å². The zero-order valence-corrected chi connectivity index (χ0v) is 18.4. The minimum atomic E-state index is -1.06. The monoisotopic (exact) mass is 430 g/mol. The average molecular weight is 431 g/mol. The fourth-order valence-electron chi connectivity index (χ4n) is 4.16. The molecule has 0 saturated heterocycles. The fraction of sp³-hybridized carbons (Fsp3) is 0.231. The van der Waals surface area contributed by atoms with E-state index in [9.17, 15) is 14.7 Å². The van der Waals surface area contributed by atoms with Gasteiger partial charge < -0.3 is 20.1 Å². The molecule has 6 nitrogen and oxygen atoms in total. The molecule has 0 bridgehead atoms. The van der Waals surface area contributed by atoms with Crippen LogP contribution >= 0.6 is 0 Å². The summed E-state index contributed by atoms with van der Waals surface area (Å²) >= 11 is 0. The van der Waals surface area contributed by atoms with Crippen LogP contribution in [0, 0.1) is 6.92 Å². The molecule has 4 rings (SSSR count). The van der Waals surface area contributed by atoms with Crippen molar-refractivity contribution >= 4 is 33.7 Å². The third-order valence-corrected chi connectivity index (χ3v) is 5.85. The number of nitrogens with zero attached hydrogens (tertiary/aromatic N) is 1. The van der Waals surface area contributed by atoms with Gasteiger partial charge >= 0.3 is 5.97 Å². The molecule has 32 heavy (non-hydrogen) atoms. The molecule has 0 fully saturated rings. The van der Waals surface area contributed by atoms with E-state index in [2.05, 4.69) is 43.5 Å². The summed E-state index contributed by atoms with van der Waals surface area (Å²) in [4.78, 5) is 23.6. The lowest BCUT2D eigenvalue weighted by Gasteiger charge is -2.14. The number of carboxylic acids is 1. The minimum Gasteiger partial charge on any atom is -0.481 e. The molecule has 4 aromatic rings. The van der Waals surface area contributed by atoms with Crippen LogP contribution in [0.4, 0.5) is 0 Å². The molecular weight excluding hydrogens is 404 g/mol. The highest BCUT2D eigenvalue weighted by molar-refractivity contribution is 6.20. The predicted molar refractivity (Wildman–Crippen MR) is 125 cm³/mol. The summed E-state index contributed by atoms with van der Waals surface area (Å²) < 4.78 is 7.89. The molecule has 0 atom stereocenters. The number of aryl methyl sites for hydroxylation is 1. The highest BCUT2D eigenvalue weighted by atomic mass is 16.5. The van der Waals surface area contributed by atoms with E-state index < -0.39 is 18.5 Å². The Bertz CT molecular complexity index is 1350. The zero-order valence-electron chi connectivity index (χ0n) is 18.4. The molecule has 1 heterocycles. The lowest BCUT2D eigenvalue weighted by Crippen LogP contribution is -2.12. The molecule has 6 heteroatoms. The number of carboxylic acid groups (broad SMARTS) is 1. The summed E-state index contributed by atoms with van der Waals surface area (Å²) in [6, 6.07) is 17.6. The molecule has 0 aliphatic rings. The van der Waals surface area contributed by atoms with Gasteiger partial charge in [0.15, 0.2) is 6.61 Å². The predicted octanol–water partition coefficient (Wildman–Crippen LogP) is 4.84. The topological polar surface area (TPSA) is 94.6 Å². The minimum absolute atomic E-state index is 0.201. The van der Waals surface area contributed by atoms with Crippen molar-refractivity contribution in [3.63, 3.8) is 0 Å². The van der Waals surface area contributed by atoms with Crippen LogP contribution in [-0.2, 0) is 11.3 Å². The lowest BCUT2D eigenvalue weighted by atomic mass is 9.99. The van der Waals surface area contributed by atoms with Crippen LogP contribution in [0.1, 0.15) is 46.8 Å². The number of carbonyl (C=O) groups is 2. The number of ether oxygens (including phenoxy) is 1. The summed E-state index contributed by atoms with van der Waals surface area (Å²) in [5.74, 6) is -0.961. The number of hydrogen-bond donors (Lipinski definition) is 2. The van der Waals surface area contributed by atoms with Gasteiger partial charge in [-0.05, 0) is 53.8 Å². The van der Waals surface area contributed by atoms with E-state index in [0.29, 0.717) is 28.6 Å². The highest BCUT2D eigenvalue weighted by Gasteiger charge is 2.22. The van der Waals surface area contributed by atoms with Crippen molar-refractivity contribution in [2.24, 2.45) is 5.73 Å². The van der Waals surface area contributed by atoms with Gasteiger partial charge in [0.2, 0.25) is 5.91 Å². The van der Waals surface area contributed by atoms with Gasteiger partial charge in [-0.1, -0.05) is 44.2 Å². The summed E-state index contributed by atoms with van der Waals surface area (Å²) in [7, 11) is 0. The van der Waals surface area contributed by atoms with Crippen LogP contribution < -0.4 is 10.5 Å². The van der Waals surface area contributed by atoms with Gasteiger partial charge in [0, 0.05) is 17.5 Å². The Kier molecular flexibility index (Phi) is 5.61. The number of nitrogens with two attached hydrogens (primary N) is 1. The Morgan fingerprint density at radius 2 is 1.78 bits per heavy atom. The number of hydrogen-bond acceptors (Lipinski definition) is 3. The smallest absolute Gasteiger partial charge is 0.341 e.